The molecule has 0 radical (unpaired) electrons. The Hall–Kier alpha value is -3.00. The molecule has 0 saturated carbocycles. The van der Waals surface area contributed by atoms with Crippen molar-refractivity contribution >= 4 is 29.1 Å². The number of halogens is 4. The van der Waals surface area contributed by atoms with Gasteiger partial charge in [0.25, 0.3) is 0 Å². The van der Waals surface area contributed by atoms with Gasteiger partial charge in [0, 0.05) is 27.9 Å². The highest BCUT2D eigenvalue weighted by atomic mass is 35.5. The van der Waals surface area contributed by atoms with Crippen LogP contribution in [-0.2, 0) is 0 Å². The van der Waals surface area contributed by atoms with Gasteiger partial charge in [-0.3, -0.25) is 0 Å². The Morgan fingerprint density at radius 2 is 1.67 bits per heavy atom. The van der Waals surface area contributed by atoms with Crippen LogP contribution in [0.25, 0.3) is 11.3 Å². The van der Waals surface area contributed by atoms with Crippen LogP contribution in [0.1, 0.15) is 20.8 Å². The van der Waals surface area contributed by atoms with Gasteiger partial charge in [0.1, 0.15) is 11.6 Å². The molecule has 0 unspecified atom stereocenters. The summed E-state index contributed by atoms with van der Waals surface area (Å²) in [5, 5.41) is 6.88. The Morgan fingerprint density at radius 1 is 0.933 bits per heavy atom. The van der Waals surface area contributed by atoms with Gasteiger partial charge < -0.3 is 15.4 Å². The van der Waals surface area contributed by atoms with E-state index < -0.39 is 6.36 Å². The number of ether oxygens (including phenoxy) is 1. The zero-order valence-corrected chi connectivity index (χ0v) is 17.3. The average Bonchev–Trinajstić information content (AvgIpc) is 2.59. The van der Waals surface area contributed by atoms with Crippen LogP contribution < -0.4 is 15.4 Å². The van der Waals surface area contributed by atoms with E-state index >= 15 is 0 Å². The molecule has 0 saturated heterocycles. The first-order chi connectivity index (χ1) is 14.0. The van der Waals surface area contributed by atoms with E-state index in [-0.39, 0.29) is 11.3 Å². The third-order valence-electron chi connectivity index (χ3n) is 3.67. The summed E-state index contributed by atoms with van der Waals surface area (Å²) in [4.78, 5) is 8.92. The fourth-order valence-corrected chi connectivity index (χ4v) is 2.81. The van der Waals surface area contributed by atoms with E-state index in [1.807, 2.05) is 26.8 Å². The monoisotopic (exact) mass is 436 g/mol. The molecule has 5 nitrogen and oxygen atoms in total. The number of nitrogens with zero attached hydrogens (tertiary/aromatic N) is 2. The molecule has 0 aliphatic rings. The summed E-state index contributed by atoms with van der Waals surface area (Å²) in [6.07, 6.45) is -4.78. The summed E-state index contributed by atoms with van der Waals surface area (Å²) in [6, 6.07) is 14.4. The minimum Gasteiger partial charge on any atom is -0.406 e. The molecule has 3 rings (SSSR count). The van der Waals surface area contributed by atoms with E-state index in [9.17, 15) is 13.2 Å². The molecule has 2 aromatic carbocycles. The van der Waals surface area contributed by atoms with Crippen molar-refractivity contribution in [3.63, 3.8) is 0 Å². The Morgan fingerprint density at radius 3 is 2.33 bits per heavy atom. The summed E-state index contributed by atoms with van der Waals surface area (Å²) >= 11 is 6.04. The highest BCUT2D eigenvalue weighted by Crippen LogP contribution is 2.30. The van der Waals surface area contributed by atoms with Gasteiger partial charge in [0.05, 0.1) is 5.69 Å². The minimum atomic E-state index is -4.78. The first kappa shape index (κ1) is 21.7. The van der Waals surface area contributed by atoms with Crippen LogP contribution in [0.2, 0.25) is 5.02 Å². The number of benzene rings is 2. The van der Waals surface area contributed by atoms with Crippen molar-refractivity contribution < 1.29 is 17.9 Å². The van der Waals surface area contributed by atoms with E-state index in [4.69, 9.17) is 11.6 Å². The standard InChI is InChI=1S/C21H20ClF3N4O/c1-20(2,3)29-19-27-17(13-6-4-9-16(10-13)30-21(23,24)25)12-18(28-19)26-15-8-5-7-14(22)11-15/h4-12H,1-3H3,(H2,26,27,28,29). The Kier molecular flexibility index (Phi) is 6.07. The second-order valence-electron chi connectivity index (χ2n) is 7.55. The van der Waals surface area contributed by atoms with Gasteiger partial charge >= 0.3 is 6.36 Å². The molecule has 0 spiro atoms. The van der Waals surface area contributed by atoms with E-state index in [0.29, 0.717) is 33.7 Å². The van der Waals surface area contributed by atoms with E-state index in [0.717, 1.165) is 0 Å². The van der Waals surface area contributed by atoms with Gasteiger partial charge in [-0.25, -0.2) is 4.98 Å². The predicted molar refractivity (Wildman–Crippen MR) is 112 cm³/mol. The molecule has 0 aliphatic carbocycles. The molecule has 9 heteroatoms. The number of nitrogens with one attached hydrogen (secondary N) is 2. The van der Waals surface area contributed by atoms with Gasteiger partial charge in [-0.1, -0.05) is 29.8 Å². The second kappa shape index (κ2) is 8.39. The normalized spacial score (nSPS) is 11.8. The van der Waals surface area contributed by atoms with E-state index in [2.05, 4.69) is 25.3 Å². The average molecular weight is 437 g/mol. The largest absolute Gasteiger partial charge is 0.573 e. The van der Waals surface area contributed by atoms with Crippen molar-refractivity contribution in [2.45, 2.75) is 32.7 Å². The van der Waals surface area contributed by atoms with Gasteiger partial charge in [-0.05, 0) is 51.1 Å². The molecule has 0 amide bonds. The number of alkyl halides is 3. The lowest BCUT2D eigenvalue weighted by atomic mass is 10.1. The number of hydrogen-bond donors (Lipinski definition) is 2. The molecule has 1 aromatic heterocycles. The van der Waals surface area contributed by atoms with Crippen molar-refractivity contribution in [3.05, 3.63) is 59.6 Å². The van der Waals surface area contributed by atoms with Gasteiger partial charge in [0.2, 0.25) is 5.95 Å². The quantitative estimate of drug-likeness (QED) is 0.469. The van der Waals surface area contributed by atoms with Gasteiger partial charge in [-0.15, -0.1) is 13.2 Å². The fourth-order valence-electron chi connectivity index (χ4n) is 2.62. The zero-order valence-electron chi connectivity index (χ0n) is 16.5. The van der Waals surface area contributed by atoms with E-state index in [1.165, 1.54) is 18.2 Å². The summed E-state index contributed by atoms with van der Waals surface area (Å²) < 4.78 is 41.8. The van der Waals surface area contributed by atoms with Crippen molar-refractivity contribution in [1.82, 2.24) is 9.97 Å². The lowest BCUT2D eigenvalue weighted by Gasteiger charge is -2.21. The molecule has 0 bridgehead atoms. The maximum Gasteiger partial charge on any atom is 0.573 e. The summed E-state index contributed by atoms with van der Waals surface area (Å²) in [7, 11) is 0. The summed E-state index contributed by atoms with van der Waals surface area (Å²) in [5.74, 6) is 0.455. The molecular formula is C21H20ClF3N4O. The summed E-state index contributed by atoms with van der Waals surface area (Å²) in [6.45, 7) is 5.85. The number of anilines is 3. The van der Waals surface area contributed by atoms with Crippen molar-refractivity contribution in [3.8, 4) is 17.0 Å². The third-order valence-corrected chi connectivity index (χ3v) is 3.91. The van der Waals surface area contributed by atoms with Gasteiger partial charge in [0.15, 0.2) is 0 Å². The van der Waals surface area contributed by atoms with Crippen molar-refractivity contribution in [1.29, 1.82) is 0 Å². The van der Waals surface area contributed by atoms with Crippen molar-refractivity contribution in [2.24, 2.45) is 0 Å². The number of aromatic nitrogens is 2. The smallest absolute Gasteiger partial charge is 0.406 e. The molecule has 0 fully saturated rings. The minimum absolute atomic E-state index is 0.326. The Bertz CT molecular complexity index is 1040. The number of rotatable bonds is 5. The van der Waals surface area contributed by atoms with E-state index in [1.54, 1.807) is 30.3 Å². The molecule has 30 heavy (non-hydrogen) atoms. The first-order valence-electron chi connectivity index (χ1n) is 9.03. The topological polar surface area (TPSA) is 59.1 Å². The zero-order chi connectivity index (χ0) is 21.9. The second-order valence-corrected chi connectivity index (χ2v) is 7.98. The molecule has 2 N–H and O–H groups in total. The van der Waals surface area contributed by atoms with Crippen molar-refractivity contribution in [2.75, 3.05) is 10.6 Å². The maximum atomic E-state index is 12.6. The number of hydrogen-bond acceptors (Lipinski definition) is 5. The van der Waals surface area contributed by atoms with Crippen LogP contribution >= 0.6 is 11.6 Å². The molecular weight excluding hydrogens is 417 g/mol. The van der Waals surface area contributed by atoms with Gasteiger partial charge in [-0.2, -0.15) is 4.98 Å². The SMILES string of the molecule is CC(C)(C)Nc1nc(Nc2cccc(Cl)c2)cc(-c2cccc(OC(F)(F)F)c2)n1. The lowest BCUT2D eigenvalue weighted by molar-refractivity contribution is -0.274. The van der Waals surface area contributed by atoms with Crippen LogP contribution in [-0.4, -0.2) is 21.9 Å². The van der Waals surface area contributed by atoms with Crippen LogP contribution in [0.3, 0.4) is 0 Å². The van der Waals surface area contributed by atoms with Crippen LogP contribution in [0.15, 0.2) is 54.6 Å². The highest BCUT2D eigenvalue weighted by molar-refractivity contribution is 6.30. The summed E-state index contributed by atoms with van der Waals surface area (Å²) in [5.41, 5.74) is 1.26. The first-order valence-corrected chi connectivity index (χ1v) is 9.41. The Labute approximate surface area is 177 Å². The molecule has 0 aliphatic heterocycles. The van der Waals surface area contributed by atoms with Crippen LogP contribution in [0.4, 0.5) is 30.6 Å². The molecule has 0 atom stereocenters. The lowest BCUT2D eigenvalue weighted by Crippen LogP contribution is -2.27. The van der Waals surface area contributed by atoms with Crippen LogP contribution in [0, 0.1) is 0 Å². The fraction of sp³-hybridized carbons (Fsp3) is 0.238. The molecule has 158 valence electrons. The van der Waals surface area contributed by atoms with Crippen LogP contribution in [0.5, 0.6) is 5.75 Å². The molecule has 3 aromatic rings. The molecule has 1 heterocycles. The maximum absolute atomic E-state index is 12.6. The predicted octanol–water partition coefficient (Wildman–Crippen LogP) is 6.65. The third kappa shape index (κ3) is 6.52. The highest BCUT2D eigenvalue weighted by Gasteiger charge is 2.31. The Balaban J connectivity index is 2.01.